The average Bonchev–Trinajstić information content (AvgIpc) is 2.93. The second-order valence-electron chi connectivity index (χ2n) is 4.80. The third-order valence-electron chi connectivity index (χ3n) is 3.33. The Morgan fingerprint density at radius 2 is 1.76 bits per heavy atom. The summed E-state index contributed by atoms with van der Waals surface area (Å²) in [5.74, 6) is 0. The number of nitrogens with one attached hydrogen (secondary N) is 1. The Labute approximate surface area is 129 Å². The molecule has 0 saturated carbocycles. The van der Waals surface area contributed by atoms with Gasteiger partial charge in [-0.05, 0) is 31.3 Å². The summed E-state index contributed by atoms with van der Waals surface area (Å²) in [5, 5.41) is 8.46. The minimum Gasteiger partial charge on any atom is -0.316 e. The largest absolute Gasteiger partial charge is 0.316 e. The molecule has 1 aromatic heterocycles. The van der Waals surface area contributed by atoms with Crippen molar-refractivity contribution in [2.75, 3.05) is 7.05 Å². The van der Waals surface area contributed by atoms with Crippen LogP contribution in [0.2, 0.25) is 5.02 Å². The van der Waals surface area contributed by atoms with Crippen LogP contribution in [-0.4, -0.2) is 16.8 Å². The van der Waals surface area contributed by atoms with Crippen molar-refractivity contribution in [3.05, 3.63) is 71.4 Å². The van der Waals surface area contributed by atoms with Crippen molar-refractivity contribution in [3.8, 4) is 16.9 Å². The summed E-state index contributed by atoms with van der Waals surface area (Å²) in [4.78, 5) is 0. The first-order valence-corrected chi connectivity index (χ1v) is 7.20. The Kier molecular flexibility index (Phi) is 4.04. The topological polar surface area (TPSA) is 29.9 Å². The minimum absolute atomic E-state index is 0.725. The monoisotopic (exact) mass is 297 g/mol. The lowest BCUT2D eigenvalue weighted by Crippen LogP contribution is -2.06. The molecule has 21 heavy (non-hydrogen) atoms. The van der Waals surface area contributed by atoms with E-state index in [9.17, 15) is 0 Å². The Bertz CT molecular complexity index is 718. The third kappa shape index (κ3) is 2.84. The number of halogens is 1. The van der Waals surface area contributed by atoms with Crippen LogP contribution in [0.4, 0.5) is 0 Å². The van der Waals surface area contributed by atoms with Gasteiger partial charge in [-0.1, -0.05) is 41.9 Å². The molecular weight excluding hydrogens is 282 g/mol. The van der Waals surface area contributed by atoms with Gasteiger partial charge in [0, 0.05) is 22.7 Å². The molecule has 0 spiro atoms. The standard InChI is InChI=1S/C17H16ClN3/c1-19-11-14-12-20-21(16-9-7-15(18)8-10-16)17(14)13-5-3-2-4-6-13/h2-10,12,19H,11H2,1H3. The Morgan fingerprint density at radius 1 is 1.05 bits per heavy atom. The van der Waals surface area contributed by atoms with Gasteiger partial charge in [0.05, 0.1) is 17.6 Å². The van der Waals surface area contributed by atoms with Crippen LogP contribution >= 0.6 is 11.6 Å². The molecule has 1 heterocycles. The van der Waals surface area contributed by atoms with Crippen molar-refractivity contribution in [2.24, 2.45) is 0 Å². The lowest BCUT2D eigenvalue weighted by Gasteiger charge is -2.10. The average molecular weight is 298 g/mol. The Morgan fingerprint density at radius 3 is 2.43 bits per heavy atom. The fraction of sp³-hybridized carbons (Fsp3) is 0.118. The molecule has 3 rings (SSSR count). The predicted octanol–water partition coefficient (Wildman–Crippen LogP) is 3.91. The normalized spacial score (nSPS) is 10.8. The van der Waals surface area contributed by atoms with E-state index in [-0.39, 0.29) is 0 Å². The van der Waals surface area contributed by atoms with Crippen molar-refractivity contribution in [1.82, 2.24) is 15.1 Å². The molecule has 0 atom stereocenters. The van der Waals surface area contributed by atoms with Crippen LogP contribution in [0.25, 0.3) is 16.9 Å². The lowest BCUT2D eigenvalue weighted by atomic mass is 10.1. The molecule has 2 aromatic carbocycles. The van der Waals surface area contributed by atoms with E-state index >= 15 is 0 Å². The smallest absolute Gasteiger partial charge is 0.0785 e. The van der Waals surface area contributed by atoms with E-state index in [4.69, 9.17) is 11.6 Å². The van der Waals surface area contributed by atoms with Crippen LogP contribution in [0.15, 0.2) is 60.8 Å². The highest BCUT2D eigenvalue weighted by Gasteiger charge is 2.13. The Hall–Kier alpha value is -2.10. The quantitative estimate of drug-likeness (QED) is 0.791. The molecule has 0 aliphatic carbocycles. The van der Waals surface area contributed by atoms with Gasteiger partial charge in [0.25, 0.3) is 0 Å². The molecule has 0 radical (unpaired) electrons. The minimum atomic E-state index is 0.725. The number of nitrogens with zero attached hydrogens (tertiary/aromatic N) is 2. The van der Waals surface area contributed by atoms with Gasteiger partial charge in [-0.2, -0.15) is 5.10 Å². The van der Waals surface area contributed by atoms with Gasteiger partial charge in [-0.15, -0.1) is 0 Å². The number of benzene rings is 2. The zero-order valence-corrected chi connectivity index (χ0v) is 12.5. The highest BCUT2D eigenvalue weighted by atomic mass is 35.5. The summed E-state index contributed by atoms with van der Waals surface area (Å²) in [5.41, 5.74) is 4.42. The van der Waals surface area contributed by atoms with E-state index in [0.717, 1.165) is 28.5 Å². The van der Waals surface area contributed by atoms with Crippen molar-refractivity contribution in [3.63, 3.8) is 0 Å². The Balaban J connectivity index is 2.15. The highest BCUT2D eigenvalue weighted by Crippen LogP contribution is 2.27. The molecule has 0 unspecified atom stereocenters. The molecule has 106 valence electrons. The van der Waals surface area contributed by atoms with Crippen LogP contribution in [0.5, 0.6) is 0 Å². The van der Waals surface area contributed by atoms with Gasteiger partial charge in [0.1, 0.15) is 0 Å². The fourth-order valence-corrected chi connectivity index (χ4v) is 2.51. The molecular formula is C17H16ClN3. The molecule has 0 aliphatic heterocycles. The van der Waals surface area contributed by atoms with Crippen molar-refractivity contribution in [1.29, 1.82) is 0 Å². The molecule has 0 saturated heterocycles. The molecule has 1 N–H and O–H groups in total. The predicted molar refractivity (Wildman–Crippen MR) is 86.8 cm³/mol. The van der Waals surface area contributed by atoms with Crippen molar-refractivity contribution in [2.45, 2.75) is 6.54 Å². The van der Waals surface area contributed by atoms with E-state index in [1.165, 1.54) is 5.56 Å². The third-order valence-corrected chi connectivity index (χ3v) is 3.58. The zero-order valence-electron chi connectivity index (χ0n) is 11.8. The fourth-order valence-electron chi connectivity index (χ4n) is 2.38. The molecule has 0 bridgehead atoms. The SMILES string of the molecule is CNCc1cnn(-c2ccc(Cl)cc2)c1-c1ccccc1. The van der Waals surface area contributed by atoms with Gasteiger partial charge in [0.2, 0.25) is 0 Å². The van der Waals surface area contributed by atoms with Crippen LogP contribution in [-0.2, 0) is 6.54 Å². The molecule has 0 fully saturated rings. The highest BCUT2D eigenvalue weighted by molar-refractivity contribution is 6.30. The summed E-state index contributed by atoms with van der Waals surface area (Å²) >= 11 is 5.97. The van der Waals surface area contributed by atoms with Crippen LogP contribution in [0.3, 0.4) is 0 Å². The second kappa shape index (κ2) is 6.12. The van der Waals surface area contributed by atoms with Gasteiger partial charge >= 0.3 is 0 Å². The summed E-state index contributed by atoms with van der Waals surface area (Å²) in [7, 11) is 1.94. The maximum absolute atomic E-state index is 5.97. The summed E-state index contributed by atoms with van der Waals surface area (Å²) < 4.78 is 1.96. The molecule has 0 aliphatic rings. The first kappa shape index (κ1) is 13.9. The summed E-state index contributed by atoms with van der Waals surface area (Å²) in [6.07, 6.45) is 1.91. The van der Waals surface area contributed by atoms with E-state index in [1.807, 2.05) is 60.4 Å². The van der Waals surface area contributed by atoms with Gasteiger partial charge in [-0.25, -0.2) is 4.68 Å². The summed E-state index contributed by atoms with van der Waals surface area (Å²) in [6.45, 7) is 0.776. The van der Waals surface area contributed by atoms with Crippen molar-refractivity contribution >= 4 is 11.6 Å². The first-order valence-electron chi connectivity index (χ1n) is 6.82. The van der Waals surface area contributed by atoms with Crippen molar-refractivity contribution < 1.29 is 0 Å². The maximum Gasteiger partial charge on any atom is 0.0785 e. The van der Waals surface area contributed by atoms with Gasteiger partial charge in [-0.3, -0.25) is 0 Å². The molecule has 3 aromatic rings. The lowest BCUT2D eigenvalue weighted by molar-refractivity contribution is 0.819. The van der Waals surface area contributed by atoms with Crippen LogP contribution in [0.1, 0.15) is 5.56 Å². The molecule has 3 nitrogen and oxygen atoms in total. The van der Waals surface area contributed by atoms with Crippen LogP contribution < -0.4 is 5.32 Å². The first-order chi connectivity index (χ1) is 10.3. The number of hydrogen-bond donors (Lipinski definition) is 1. The van der Waals surface area contributed by atoms with Gasteiger partial charge in [0.15, 0.2) is 0 Å². The number of rotatable bonds is 4. The van der Waals surface area contributed by atoms with E-state index in [0.29, 0.717) is 0 Å². The van der Waals surface area contributed by atoms with Gasteiger partial charge < -0.3 is 5.32 Å². The van der Waals surface area contributed by atoms with E-state index in [2.05, 4.69) is 22.5 Å². The van der Waals surface area contributed by atoms with E-state index < -0.39 is 0 Å². The summed E-state index contributed by atoms with van der Waals surface area (Å²) in [6, 6.07) is 18.0. The molecule has 4 heteroatoms. The van der Waals surface area contributed by atoms with E-state index in [1.54, 1.807) is 0 Å². The zero-order chi connectivity index (χ0) is 14.7. The second-order valence-corrected chi connectivity index (χ2v) is 5.24. The van der Waals surface area contributed by atoms with Crippen LogP contribution in [0, 0.1) is 0 Å². The maximum atomic E-state index is 5.97. The number of hydrogen-bond acceptors (Lipinski definition) is 2. The molecule has 0 amide bonds. The number of aromatic nitrogens is 2.